The summed E-state index contributed by atoms with van der Waals surface area (Å²) in [5, 5.41) is 24.1. The first-order chi connectivity index (χ1) is 9.70. The molecule has 0 spiro atoms. The van der Waals surface area contributed by atoms with Gasteiger partial charge in [0.05, 0.1) is 6.61 Å². The molecule has 2 amide bonds. The van der Waals surface area contributed by atoms with Gasteiger partial charge in [-0.3, -0.25) is 9.59 Å². The first-order valence-electron chi connectivity index (χ1n) is 7.18. The smallest absolute Gasteiger partial charge is 0.249 e. The molecule has 0 aliphatic carbocycles. The second-order valence-corrected chi connectivity index (χ2v) is 6.10. The van der Waals surface area contributed by atoms with Crippen molar-refractivity contribution in [1.29, 1.82) is 0 Å². The van der Waals surface area contributed by atoms with Crippen molar-refractivity contribution in [2.45, 2.75) is 32.8 Å². The van der Waals surface area contributed by atoms with Crippen molar-refractivity contribution in [3.8, 4) is 0 Å². The number of carbonyl (C=O) groups is 2. The van der Waals surface area contributed by atoms with E-state index in [1.807, 2.05) is 19.0 Å². The summed E-state index contributed by atoms with van der Waals surface area (Å²) in [4.78, 5) is 25.2. The highest BCUT2D eigenvalue weighted by atomic mass is 16.3. The van der Waals surface area contributed by atoms with Gasteiger partial charge in [0.1, 0.15) is 6.10 Å². The van der Waals surface area contributed by atoms with E-state index in [1.54, 1.807) is 13.8 Å². The van der Waals surface area contributed by atoms with Crippen molar-refractivity contribution in [1.82, 2.24) is 15.5 Å². The number of hydrogen-bond donors (Lipinski definition) is 4. The highest BCUT2D eigenvalue weighted by Crippen LogP contribution is 2.19. The zero-order valence-electron chi connectivity index (χ0n) is 13.5. The molecule has 1 atom stereocenters. The average Bonchev–Trinajstić information content (AvgIpc) is 2.42. The summed E-state index contributed by atoms with van der Waals surface area (Å²) in [6, 6.07) is 0. The minimum Gasteiger partial charge on any atom is -0.396 e. The van der Waals surface area contributed by atoms with Crippen LogP contribution in [0.3, 0.4) is 0 Å². The molecule has 0 aromatic rings. The number of carbonyl (C=O) groups excluding carboxylic acids is 2. The Kier molecular flexibility index (Phi) is 9.16. The molecule has 0 aromatic carbocycles. The van der Waals surface area contributed by atoms with Gasteiger partial charge in [0.25, 0.3) is 0 Å². The molecule has 0 aliphatic rings. The maximum Gasteiger partial charge on any atom is 0.249 e. The lowest BCUT2D eigenvalue weighted by atomic mass is 9.87. The predicted octanol–water partition coefficient (Wildman–Crippen LogP) is -1.06. The summed E-state index contributed by atoms with van der Waals surface area (Å²) in [5.74, 6) is -0.709. The molecule has 0 bridgehead atoms. The molecule has 21 heavy (non-hydrogen) atoms. The van der Waals surface area contributed by atoms with Gasteiger partial charge in [-0.05, 0) is 27.1 Å². The molecule has 0 aliphatic heterocycles. The van der Waals surface area contributed by atoms with E-state index in [-0.39, 0.29) is 25.5 Å². The van der Waals surface area contributed by atoms with Gasteiger partial charge in [0.2, 0.25) is 11.8 Å². The maximum atomic E-state index is 11.7. The molecular weight excluding hydrogens is 274 g/mol. The maximum absolute atomic E-state index is 11.7. The third-order valence-corrected chi connectivity index (χ3v) is 3.15. The van der Waals surface area contributed by atoms with E-state index in [9.17, 15) is 14.7 Å². The standard InChI is InChI=1S/C14H29N3O4/c1-14(2,10-18)12(20)13(21)16-8-6-11(19)15-7-5-9-17(3)4/h12,18,20H,5-10H2,1-4H3,(H,15,19)(H,16,21)/t12-/m0/s1. The van der Waals surface area contributed by atoms with Gasteiger partial charge in [-0.15, -0.1) is 0 Å². The number of hydrogen-bond acceptors (Lipinski definition) is 5. The Hall–Kier alpha value is -1.18. The average molecular weight is 303 g/mol. The second-order valence-electron chi connectivity index (χ2n) is 6.10. The van der Waals surface area contributed by atoms with Gasteiger partial charge >= 0.3 is 0 Å². The predicted molar refractivity (Wildman–Crippen MR) is 80.7 cm³/mol. The third-order valence-electron chi connectivity index (χ3n) is 3.15. The molecule has 0 saturated heterocycles. The molecule has 0 fully saturated rings. The number of aliphatic hydroxyl groups excluding tert-OH is 2. The molecule has 0 aromatic heterocycles. The van der Waals surface area contributed by atoms with Crippen LogP contribution < -0.4 is 10.6 Å². The van der Waals surface area contributed by atoms with Crippen molar-refractivity contribution in [2.24, 2.45) is 5.41 Å². The van der Waals surface area contributed by atoms with Crippen molar-refractivity contribution >= 4 is 11.8 Å². The monoisotopic (exact) mass is 303 g/mol. The van der Waals surface area contributed by atoms with Gasteiger partial charge in [-0.25, -0.2) is 0 Å². The summed E-state index contributed by atoms with van der Waals surface area (Å²) in [6.07, 6.45) is -0.264. The van der Waals surface area contributed by atoms with Crippen molar-refractivity contribution < 1.29 is 19.8 Å². The number of rotatable bonds is 10. The van der Waals surface area contributed by atoms with E-state index in [0.29, 0.717) is 6.54 Å². The van der Waals surface area contributed by atoms with E-state index >= 15 is 0 Å². The lowest BCUT2D eigenvalue weighted by Crippen LogP contribution is -2.46. The Morgan fingerprint density at radius 1 is 1.19 bits per heavy atom. The Morgan fingerprint density at radius 2 is 1.81 bits per heavy atom. The topological polar surface area (TPSA) is 102 Å². The molecule has 7 nitrogen and oxygen atoms in total. The molecule has 0 unspecified atom stereocenters. The van der Waals surface area contributed by atoms with Gasteiger partial charge in [-0.2, -0.15) is 0 Å². The molecule has 7 heteroatoms. The summed E-state index contributed by atoms with van der Waals surface area (Å²) < 4.78 is 0. The molecule has 0 saturated carbocycles. The van der Waals surface area contributed by atoms with Crippen molar-refractivity contribution in [2.75, 3.05) is 40.3 Å². The van der Waals surface area contributed by atoms with Crippen LogP contribution in [0.25, 0.3) is 0 Å². The number of aliphatic hydroxyl groups is 2. The van der Waals surface area contributed by atoms with Crippen LogP contribution in [0.4, 0.5) is 0 Å². The Bertz CT molecular complexity index is 332. The Labute approximate surface area is 126 Å². The first kappa shape index (κ1) is 19.8. The van der Waals surface area contributed by atoms with Crippen LogP contribution in [0.2, 0.25) is 0 Å². The molecule has 124 valence electrons. The lowest BCUT2D eigenvalue weighted by molar-refractivity contribution is -0.137. The van der Waals surface area contributed by atoms with Crippen LogP contribution in [0.1, 0.15) is 26.7 Å². The van der Waals surface area contributed by atoms with Gasteiger partial charge < -0.3 is 25.7 Å². The molecule has 0 radical (unpaired) electrons. The molecule has 4 N–H and O–H groups in total. The quantitative estimate of drug-likeness (QED) is 0.385. The van der Waals surface area contributed by atoms with Crippen LogP contribution in [-0.4, -0.2) is 73.4 Å². The van der Waals surface area contributed by atoms with E-state index in [4.69, 9.17) is 5.11 Å². The third kappa shape index (κ3) is 8.64. The van der Waals surface area contributed by atoms with Crippen LogP contribution in [-0.2, 0) is 9.59 Å². The summed E-state index contributed by atoms with van der Waals surface area (Å²) in [7, 11) is 3.94. The fraction of sp³-hybridized carbons (Fsp3) is 0.857. The van der Waals surface area contributed by atoms with E-state index in [2.05, 4.69) is 10.6 Å². The van der Waals surface area contributed by atoms with E-state index in [1.165, 1.54) is 0 Å². The van der Waals surface area contributed by atoms with Crippen molar-refractivity contribution in [3.05, 3.63) is 0 Å². The fourth-order valence-corrected chi connectivity index (χ4v) is 1.55. The van der Waals surface area contributed by atoms with Crippen LogP contribution in [0, 0.1) is 5.41 Å². The lowest BCUT2D eigenvalue weighted by Gasteiger charge is -2.27. The Balaban J connectivity index is 3.83. The van der Waals surface area contributed by atoms with Crippen LogP contribution in [0.5, 0.6) is 0 Å². The zero-order chi connectivity index (χ0) is 16.5. The first-order valence-corrected chi connectivity index (χ1v) is 7.18. The largest absolute Gasteiger partial charge is 0.396 e. The number of nitrogens with one attached hydrogen (secondary N) is 2. The highest BCUT2D eigenvalue weighted by molar-refractivity contribution is 5.82. The Morgan fingerprint density at radius 3 is 2.33 bits per heavy atom. The minimum atomic E-state index is -1.30. The minimum absolute atomic E-state index is 0.134. The highest BCUT2D eigenvalue weighted by Gasteiger charge is 2.32. The number of nitrogens with zero attached hydrogens (tertiary/aromatic N) is 1. The van der Waals surface area contributed by atoms with Crippen molar-refractivity contribution in [3.63, 3.8) is 0 Å². The summed E-state index contributed by atoms with van der Waals surface area (Å²) in [6.45, 7) is 4.55. The molecule has 0 rings (SSSR count). The van der Waals surface area contributed by atoms with Crippen LogP contribution in [0.15, 0.2) is 0 Å². The van der Waals surface area contributed by atoms with Gasteiger partial charge in [0, 0.05) is 24.9 Å². The van der Waals surface area contributed by atoms with Gasteiger partial charge in [-0.1, -0.05) is 13.8 Å². The van der Waals surface area contributed by atoms with E-state index < -0.39 is 17.4 Å². The molecular formula is C14H29N3O4. The zero-order valence-corrected chi connectivity index (χ0v) is 13.5. The normalized spacial score (nSPS) is 13.1. The SMILES string of the molecule is CN(C)CCCNC(=O)CCNC(=O)[C@H](O)C(C)(C)CO. The summed E-state index contributed by atoms with van der Waals surface area (Å²) >= 11 is 0. The van der Waals surface area contributed by atoms with Gasteiger partial charge in [0.15, 0.2) is 0 Å². The van der Waals surface area contributed by atoms with E-state index in [0.717, 1.165) is 13.0 Å². The second kappa shape index (κ2) is 9.70. The molecule has 0 heterocycles. The number of amides is 2. The summed E-state index contributed by atoms with van der Waals surface area (Å²) in [5.41, 5.74) is -0.904. The fourth-order valence-electron chi connectivity index (χ4n) is 1.55. The van der Waals surface area contributed by atoms with Crippen LogP contribution >= 0.6 is 0 Å².